The van der Waals surface area contributed by atoms with Crippen molar-refractivity contribution in [3.63, 3.8) is 0 Å². The smallest absolute Gasteiger partial charge is 0.399 e. The first-order chi connectivity index (χ1) is 48.4. The number of rotatable bonds is 37. The summed E-state index contributed by atoms with van der Waals surface area (Å²) in [4.78, 5) is 137. The summed E-state index contributed by atoms with van der Waals surface area (Å²) in [5.74, 6) is -4.41. The zero-order valence-electron chi connectivity index (χ0n) is 58.2. The number of thiazole rings is 1. The molecule has 550 valence electrons. The molecule has 0 saturated carbocycles. The Kier molecular flexibility index (Phi) is 30.3. The number of β-amino-alcohol motifs (C(OH)–C–C–N with tert-alkyl or cyclic N) is 1. The number of halogens is 3. The normalized spacial score (nSPS) is 15.1. The third-order valence-corrected chi connectivity index (χ3v) is 20.5. The van der Waals surface area contributed by atoms with Crippen LogP contribution in [0.25, 0.3) is 10.4 Å². The van der Waals surface area contributed by atoms with Gasteiger partial charge < -0.3 is 66.9 Å². The summed E-state index contributed by atoms with van der Waals surface area (Å²) in [6.45, 7) is 9.92. The van der Waals surface area contributed by atoms with E-state index < -0.39 is 96.0 Å². The van der Waals surface area contributed by atoms with Gasteiger partial charge in [0.15, 0.2) is 11.5 Å². The highest BCUT2D eigenvalue weighted by atomic mass is 79.9. The zero-order valence-corrected chi connectivity index (χ0v) is 61.5. The molecule has 1 aromatic heterocycles. The van der Waals surface area contributed by atoms with Gasteiger partial charge in [0, 0.05) is 67.5 Å². The minimum Gasteiger partial charge on any atom is -0.504 e. The largest absolute Gasteiger partial charge is 0.504 e. The van der Waals surface area contributed by atoms with E-state index in [1.54, 1.807) is 65.4 Å². The molecular formula is C74H93BrF2N9O14PS. The molecular weight excluding hydrogens is 1420 g/mol. The SMILES string of the molecule is COc1cc(CC(=O)NC(Cc2ccccc2)C(=O)NC(Cc2ccc(C(F)(F)P(=O)(O)O)cc2)C(=O)NC(CCCCNC(=O)c2ccc(C)c(Br)c2)C(=O)NCCCCCCCCCC(=O)NC(C(=O)N2CC(O)CC2C(=O)NCc2ccc(-c3scnc3C)cc2)C(C)(C)C)ccc1O. The number of benzene rings is 5. The van der Waals surface area contributed by atoms with Crippen LogP contribution in [0.3, 0.4) is 0 Å². The van der Waals surface area contributed by atoms with E-state index in [0.717, 1.165) is 81.7 Å². The molecule has 2 heterocycles. The number of amides is 8. The van der Waals surface area contributed by atoms with Crippen molar-refractivity contribution >= 4 is 82.1 Å². The number of alkyl halides is 2. The van der Waals surface area contributed by atoms with Gasteiger partial charge in [0.2, 0.25) is 41.4 Å². The van der Waals surface area contributed by atoms with E-state index in [4.69, 9.17) is 4.74 Å². The van der Waals surface area contributed by atoms with Gasteiger partial charge in [-0.15, -0.1) is 11.3 Å². The molecule has 23 nitrogen and oxygen atoms in total. The summed E-state index contributed by atoms with van der Waals surface area (Å²) in [5.41, 5.74) is 0.929. The highest BCUT2D eigenvalue weighted by molar-refractivity contribution is 9.10. The Morgan fingerprint density at radius 2 is 1.28 bits per heavy atom. The molecule has 1 aliphatic heterocycles. The lowest BCUT2D eigenvalue weighted by Gasteiger charge is -2.35. The van der Waals surface area contributed by atoms with Crippen LogP contribution in [0.15, 0.2) is 125 Å². The first kappa shape index (κ1) is 80.8. The molecule has 0 bridgehead atoms. The number of hydrogen-bond donors (Lipinski definition) is 11. The van der Waals surface area contributed by atoms with Crippen molar-refractivity contribution < 1.29 is 76.4 Å². The number of hydrogen-bond acceptors (Lipinski definition) is 14. The van der Waals surface area contributed by atoms with E-state index in [1.165, 1.54) is 30.2 Å². The van der Waals surface area contributed by atoms with Crippen molar-refractivity contribution in [3.8, 4) is 21.9 Å². The number of aromatic hydroxyl groups is 1. The number of likely N-dealkylation sites (tertiary alicyclic amines) is 1. The Morgan fingerprint density at radius 1 is 0.686 bits per heavy atom. The summed E-state index contributed by atoms with van der Waals surface area (Å²) in [5, 5.41) is 40.8. The molecule has 6 unspecified atom stereocenters. The van der Waals surface area contributed by atoms with Gasteiger partial charge in [-0.25, -0.2) is 4.98 Å². The van der Waals surface area contributed by atoms with Gasteiger partial charge >= 0.3 is 13.3 Å². The molecule has 1 fully saturated rings. The fourth-order valence-corrected chi connectivity index (χ4v) is 13.4. The van der Waals surface area contributed by atoms with Crippen LogP contribution in [0.2, 0.25) is 0 Å². The number of unbranched alkanes of at least 4 members (excludes halogenated alkanes) is 7. The fraction of sp³-hybridized carbons (Fsp3) is 0.446. The first-order valence-corrected chi connectivity index (χ1v) is 37.4. The van der Waals surface area contributed by atoms with Gasteiger partial charge in [0.1, 0.15) is 30.2 Å². The fourth-order valence-electron chi connectivity index (χ4n) is 11.7. The van der Waals surface area contributed by atoms with Crippen molar-refractivity contribution in [1.29, 1.82) is 0 Å². The number of nitrogens with one attached hydrogen (secondary N) is 7. The van der Waals surface area contributed by atoms with Crippen molar-refractivity contribution in [2.75, 3.05) is 26.7 Å². The minimum absolute atomic E-state index is 0.0509. The summed E-state index contributed by atoms with van der Waals surface area (Å²) in [7, 11) is -4.61. The number of carbonyl (C=O) groups excluding carboxylic acids is 8. The number of aliphatic hydroxyl groups is 1. The number of ether oxygens (including phenoxy) is 1. The molecule has 8 amide bonds. The maximum Gasteiger partial charge on any atom is 0.399 e. The molecule has 0 radical (unpaired) electrons. The van der Waals surface area contributed by atoms with Gasteiger partial charge in [0.25, 0.3) is 5.91 Å². The molecule has 11 N–H and O–H groups in total. The second kappa shape index (κ2) is 38.2. The van der Waals surface area contributed by atoms with Crippen molar-refractivity contribution in [2.45, 2.75) is 179 Å². The topological polar surface area (TPSA) is 344 Å². The van der Waals surface area contributed by atoms with Crippen LogP contribution in [0.1, 0.15) is 147 Å². The van der Waals surface area contributed by atoms with Gasteiger partial charge in [-0.1, -0.05) is 160 Å². The maximum atomic E-state index is 14.8. The average Bonchev–Trinajstić information content (AvgIpc) is 1.21. The lowest BCUT2D eigenvalue weighted by molar-refractivity contribution is -0.144. The van der Waals surface area contributed by atoms with E-state index >= 15 is 0 Å². The zero-order chi connectivity index (χ0) is 74.3. The molecule has 0 spiro atoms. The molecule has 5 aromatic carbocycles. The average molecular weight is 1510 g/mol. The van der Waals surface area contributed by atoms with Crippen molar-refractivity contribution in [3.05, 3.63) is 170 Å². The summed E-state index contributed by atoms with van der Waals surface area (Å²) < 4.78 is 47.4. The highest BCUT2D eigenvalue weighted by Crippen LogP contribution is 2.59. The van der Waals surface area contributed by atoms with E-state index in [2.05, 4.69) is 58.1 Å². The quantitative estimate of drug-likeness (QED) is 0.0128. The maximum absolute atomic E-state index is 14.8. The van der Waals surface area contributed by atoms with E-state index in [0.29, 0.717) is 48.8 Å². The Labute approximate surface area is 605 Å². The van der Waals surface area contributed by atoms with Gasteiger partial charge in [0.05, 0.1) is 35.7 Å². The number of aromatic nitrogens is 1. The molecule has 102 heavy (non-hydrogen) atoms. The Balaban J connectivity index is 0.945. The first-order valence-electron chi connectivity index (χ1n) is 34.1. The number of carbonyl (C=O) groups is 8. The van der Waals surface area contributed by atoms with Crippen LogP contribution >= 0.6 is 34.9 Å². The summed E-state index contributed by atoms with van der Waals surface area (Å²) in [6.07, 6.45) is 4.30. The third-order valence-electron chi connectivity index (χ3n) is 17.6. The van der Waals surface area contributed by atoms with Crippen LogP contribution < -0.4 is 42.0 Å². The van der Waals surface area contributed by atoms with Crippen LogP contribution in [0.5, 0.6) is 11.5 Å². The second-order valence-electron chi connectivity index (χ2n) is 26.8. The summed E-state index contributed by atoms with van der Waals surface area (Å²) >= 11 is 5.00. The number of phenols is 1. The van der Waals surface area contributed by atoms with E-state index in [1.807, 2.05) is 58.9 Å². The Hall–Kier alpha value is -8.46. The third kappa shape index (κ3) is 24.1. The number of aryl methyl sites for hydroxylation is 2. The standard InChI is InChI=1S/C74H93BrF2N9O14PS/c1-46-23-29-53(41-56(46)75)67(91)78-36-18-16-21-57(83-70(94)59(38-49-26-32-54(33-27-49)74(76,77)101(97,98)99)84-69(93)58(37-48-19-13-12-14-20-48)82-64(90)40-51-28-34-61(88)62(39-51)100-6)68(92)79-35-17-11-9-7-8-10-15-22-63(89)85-66(73(3,4)5)72(96)86-44-55(87)42-60(86)71(95)80-43-50-24-30-52(31-25-50)65-47(2)81-45-102-65/h12-14,19-20,23-34,39,41,45,55,57-60,66,87-88H,7-11,15-18,21-22,35-38,40,42-44H2,1-6H3,(H,78,91)(H,79,92)(H,80,95)(H,82,90)(H,83,94)(H,84,93)(H,85,89)(H2,97,98,99). The van der Waals surface area contributed by atoms with Crippen LogP contribution in [0, 0.1) is 19.3 Å². The molecule has 1 saturated heterocycles. The summed E-state index contributed by atoms with van der Waals surface area (Å²) in [6, 6.07) is 23.8. The molecule has 6 atom stereocenters. The molecule has 6 aromatic rings. The minimum atomic E-state index is -5.96. The van der Waals surface area contributed by atoms with Crippen molar-refractivity contribution in [2.24, 2.45) is 5.41 Å². The number of aliphatic hydroxyl groups excluding tert-OH is 1. The Bertz CT molecular complexity index is 3900. The molecule has 0 aliphatic carbocycles. The molecule has 7 rings (SSSR count). The second-order valence-corrected chi connectivity index (χ2v) is 30.1. The lowest BCUT2D eigenvalue weighted by atomic mass is 9.85. The number of phenolic OH excluding ortho intramolecular Hbond substituents is 1. The van der Waals surface area contributed by atoms with Crippen LogP contribution in [-0.4, -0.2) is 140 Å². The van der Waals surface area contributed by atoms with E-state index in [9.17, 15) is 71.7 Å². The van der Waals surface area contributed by atoms with Crippen LogP contribution in [-0.2, 0) is 69.6 Å². The molecule has 1 aliphatic rings. The highest BCUT2D eigenvalue weighted by Gasteiger charge is 2.50. The molecule has 28 heteroatoms. The van der Waals surface area contributed by atoms with Gasteiger partial charge in [-0.3, -0.25) is 42.9 Å². The lowest BCUT2D eigenvalue weighted by Crippen LogP contribution is -2.57. The Morgan fingerprint density at radius 3 is 1.91 bits per heavy atom. The van der Waals surface area contributed by atoms with E-state index in [-0.39, 0.29) is 93.6 Å². The van der Waals surface area contributed by atoms with Gasteiger partial charge in [-0.05, 0) is 109 Å². The van der Waals surface area contributed by atoms with Gasteiger partial charge in [-0.2, -0.15) is 8.78 Å². The number of nitrogens with zero attached hydrogens (tertiary/aromatic N) is 2. The van der Waals surface area contributed by atoms with Crippen molar-refractivity contribution in [1.82, 2.24) is 47.1 Å². The predicted molar refractivity (Wildman–Crippen MR) is 387 cm³/mol. The predicted octanol–water partition coefficient (Wildman–Crippen LogP) is 9.26. The number of methoxy groups -OCH3 is 1. The van der Waals surface area contributed by atoms with Crippen LogP contribution in [0.4, 0.5) is 8.78 Å². The monoisotopic (exact) mass is 1510 g/mol.